The van der Waals surface area contributed by atoms with E-state index < -0.39 is 11.2 Å². The minimum absolute atomic E-state index is 0.0282. The van der Waals surface area contributed by atoms with E-state index in [0.717, 1.165) is 12.8 Å². The van der Waals surface area contributed by atoms with Crippen LogP contribution < -0.4 is 5.32 Å². The molecule has 3 fully saturated rings. The van der Waals surface area contributed by atoms with Crippen LogP contribution in [0.1, 0.15) is 26.7 Å². The number of hydrogen-bond donors (Lipinski definition) is 1. The number of rotatable bonds is 3. The second-order valence-corrected chi connectivity index (χ2v) is 10.7. The zero-order valence-electron chi connectivity index (χ0n) is 12.3. The molecule has 0 spiro atoms. The van der Waals surface area contributed by atoms with E-state index in [1.54, 1.807) is 18.2 Å². The molecule has 3 saturated carbocycles. The Kier molecular flexibility index (Phi) is 4.06. The number of benzene rings is 1. The molecule has 1 N–H and O–H groups in total. The Morgan fingerprint density at radius 2 is 1.95 bits per heavy atom. The summed E-state index contributed by atoms with van der Waals surface area (Å²) in [4.78, 5) is 13.0. The van der Waals surface area contributed by atoms with Crippen LogP contribution in [0.15, 0.2) is 24.3 Å². The lowest BCUT2D eigenvalue weighted by molar-refractivity contribution is -0.155. The van der Waals surface area contributed by atoms with Gasteiger partial charge in [-0.05, 0) is 30.4 Å². The van der Waals surface area contributed by atoms with Gasteiger partial charge in [-0.2, -0.15) is 0 Å². The number of para-hydroxylation sites is 1. The summed E-state index contributed by atoms with van der Waals surface area (Å²) in [6, 6.07) is 6.29. The predicted molar refractivity (Wildman–Crippen MR) is 97.3 cm³/mol. The van der Waals surface area contributed by atoms with Gasteiger partial charge in [0, 0.05) is 10.2 Å². The first-order valence-corrected chi connectivity index (χ1v) is 9.95. The van der Waals surface area contributed by atoms with Crippen LogP contribution in [-0.4, -0.2) is 14.5 Å². The highest BCUT2D eigenvalue weighted by atomic mass is 79.9. The number of amides is 1. The monoisotopic (exact) mass is 495 g/mol. The summed E-state index contributed by atoms with van der Waals surface area (Å²) < 4.78 is 14.0. The van der Waals surface area contributed by atoms with Gasteiger partial charge in [0.05, 0.1) is 14.8 Å². The molecular weight excluding hydrogens is 481 g/mol. The van der Waals surface area contributed by atoms with E-state index in [4.69, 9.17) is 0 Å². The van der Waals surface area contributed by atoms with Crippen molar-refractivity contribution in [2.75, 3.05) is 5.32 Å². The van der Waals surface area contributed by atoms with Gasteiger partial charge < -0.3 is 5.32 Å². The molecule has 120 valence electrons. The van der Waals surface area contributed by atoms with Crippen LogP contribution >= 0.6 is 47.8 Å². The molecule has 0 unspecified atom stereocenters. The largest absolute Gasteiger partial charge is 0.323 e. The Hall–Kier alpha value is 0.0600. The second kappa shape index (κ2) is 5.28. The molecule has 22 heavy (non-hydrogen) atoms. The molecule has 1 aromatic carbocycles. The number of fused-ring (bicyclic) bond motifs is 1. The summed E-state index contributed by atoms with van der Waals surface area (Å²) in [5.41, 5.74) is -0.494. The summed E-state index contributed by atoms with van der Waals surface area (Å²) in [6.45, 7) is 4.27. The molecule has 2 bridgehead atoms. The average Bonchev–Trinajstić information content (AvgIpc) is 2.91. The molecule has 0 radical (unpaired) electrons. The van der Waals surface area contributed by atoms with Crippen molar-refractivity contribution in [1.82, 2.24) is 0 Å². The first-order chi connectivity index (χ1) is 10.2. The molecule has 0 heterocycles. The lowest BCUT2D eigenvalue weighted by atomic mass is 9.43. The fourth-order valence-corrected chi connectivity index (χ4v) is 9.41. The number of halogens is 4. The van der Waals surface area contributed by atoms with E-state index in [-0.39, 0.29) is 31.0 Å². The normalized spacial score (nSPS) is 35.3. The summed E-state index contributed by atoms with van der Waals surface area (Å²) in [6.07, 6.45) is 1.74. The first-order valence-electron chi connectivity index (χ1n) is 7.20. The maximum Gasteiger partial charge on any atom is 0.232 e. The van der Waals surface area contributed by atoms with E-state index in [0.29, 0.717) is 0 Å². The maximum absolute atomic E-state index is 13.8. The highest BCUT2D eigenvalue weighted by Crippen LogP contribution is 2.82. The fourth-order valence-electron chi connectivity index (χ4n) is 4.49. The molecule has 6 heteroatoms. The van der Waals surface area contributed by atoms with Gasteiger partial charge in [0.25, 0.3) is 0 Å². The summed E-state index contributed by atoms with van der Waals surface area (Å²) in [7, 11) is 0. The van der Waals surface area contributed by atoms with Crippen molar-refractivity contribution in [3.05, 3.63) is 30.1 Å². The maximum atomic E-state index is 13.8. The summed E-state index contributed by atoms with van der Waals surface area (Å²) in [5, 5.41) is 2.80. The quantitative estimate of drug-likeness (QED) is 0.553. The first kappa shape index (κ1) is 16.9. The molecule has 2 nitrogen and oxygen atoms in total. The van der Waals surface area contributed by atoms with E-state index >= 15 is 0 Å². The molecule has 3 atom stereocenters. The van der Waals surface area contributed by atoms with Gasteiger partial charge in [0.1, 0.15) is 5.82 Å². The van der Waals surface area contributed by atoms with Gasteiger partial charge in [0.2, 0.25) is 5.91 Å². The minimum atomic E-state index is -0.519. The van der Waals surface area contributed by atoms with Crippen LogP contribution in [0.3, 0.4) is 0 Å². The molecule has 1 amide bonds. The third-order valence-corrected chi connectivity index (χ3v) is 9.25. The zero-order valence-corrected chi connectivity index (χ0v) is 17.1. The molecular formula is C16H17Br3FNO. The van der Waals surface area contributed by atoms with Crippen molar-refractivity contribution in [3.8, 4) is 0 Å². The number of nitrogens with one attached hydrogen (secondary N) is 1. The third-order valence-electron chi connectivity index (χ3n) is 6.01. The highest BCUT2D eigenvalue weighted by molar-refractivity contribution is 9.24. The van der Waals surface area contributed by atoms with Gasteiger partial charge in [-0.1, -0.05) is 73.8 Å². The third kappa shape index (κ3) is 1.78. The Bertz CT molecular complexity index is 636. The van der Waals surface area contributed by atoms with E-state index in [1.165, 1.54) is 6.07 Å². The predicted octanol–water partition coefficient (Wildman–Crippen LogP) is 5.45. The molecule has 0 saturated heterocycles. The van der Waals surface area contributed by atoms with E-state index in [2.05, 4.69) is 67.0 Å². The van der Waals surface area contributed by atoms with Crippen molar-refractivity contribution < 1.29 is 9.18 Å². The second-order valence-electron chi connectivity index (χ2n) is 6.73. The van der Waals surface area contributed by atoms with Crippen molar-refractivity contribution in [1.29, 1.82) is 0 Å². The van der Waals surface area contributed by atoms with Crippen LogP contribution in [0.4, 0.5) is 10.1 Å². The molecule has 0 aromatic heterocycles. The summed E-state index contributed by atoms with van der Waals surface area (Å²) >= 11 is 11.1. The van der Waals surface area contributed by atoms with E-state index in [1.807, 2.05) is 0 Å². The average molecular weight is 498 g/mol. The van der Waals surface area contributed by atoms with Crippen molar-refractivity contribution >= 4 is 59.4 Å². The van der Waals surface area contributed by atoms with Gasteiger partial charge in [-0.3, -0.25) is 4.79 Å². The SMILES string of the molecule is CC1(C)[C@]2(C(Br)Br)CC[C@@]1(C(=O)Nc1ccccc1F)[C@@H]2Br. The van der Waals surface area contributed by atoms with E-state index in [9.17, 15) is 9.18 Å². The lowest BCUT2D eigenvalue weighted by Gasteiger charge is -2.66. The number of alkyl halides is 3. The topological polar surface area (TPSA) is 29.1 Å². The van der Waals surface area contributed by atoms with Crippen LogP contribution in [0.25, 0.3) is 0 Å². The van der Waals surface area contributed by atoms with Gasteiger partial charge in [-0.15, -0.1) is 0 Å². The van der Waals surface area contributed by atoms with Crippen molar-refractivity contribution in [2.45, 2.75) is 35.3 Å². The van der Waals surface area contributed by atoms with Gasteiger partial charge >= 0.3 is 0 Å². The van der Waals surface area contributed by atoms with Crippen LogP contribution in [0.5, 0.6) is 0 Å². The number of carbonyl (C=O) groups is 1. The molecule has 4 rings (SSSR count). The molecule has 3 aliphatic carbocycles. The highest BCUT2D eigenvalue weighted by Gasteiger charge is 2.83. The lowest BCUT2D eigenvalue weighted by Crippen LogP contribution is -2.71. The standard InChI is InChI=1S/C16H17Br3FNO/c1-14(2)15(12(18)19)7-8-16(14,11(15)17)13(22)21-10-6-4-3-5-9(10)20/h3-6,11-12H,7-8H2,1-2H3,(H,21,22)/t11-,15-,16+/m1/s1. The number of carbonyl (C=O) groups excluding carboxylic acids is 1. The van der Waals surface area contributed by atoms with Gasteiger partial charge in [0.15, 0.2) is 0 Å². The Balaban J connectivity index is 1.93. The zero-order chi connectivity index (χ0) is 16.3. The van der Waals surface area contributed by atoms with Crippen LogP contribution in [-0.2, 0) is 4.79 Å². The Morgan fingerprint density at radius 3 is 2.45 bits per heavy atom. The molecule has 0 aliphatic heterocycles. The molecule has 3 aliphatic rings. The molecule has 1 aromatic rings. The number of hydrogen-bond acceptors (Lipinski definition) is 1. The minimum Gasteiger partial charge on any atom is -0.323 e. The number of anilines is 1. The Labute approximate surface area is 155 Å². The Morgan fingerprint density at radius 1 is 1.32 bits per heavy atom. The van der Waals surface area contributed by atoms with Crippen LogP contribution in [0.2, 0.25) is 0 Å². The van der Waals surface area contributed by atoms with Crippen molar-refractivity contribution in [3.63, 3.8) is 0 Å². The van der Waals surface area contributed by atoms with Crippen LogP contribution in [0, 0.1) is 22.1 Å². The fraction of sp³-hybridized carbons (Fsp3) is 0.562. The summed E-state index contributed by atoms with van der Waals surface area (Å²) in [5.74, 6) is -0.503. The smallest absolute Gasteiger partial charge is 0.232 e. The van der Waals surface area contributed by atoms with Gasteiger partial charge in [-0.25, -0.2) is 4.39 Å². The van der Waals surface area contributed by atoms with Crippen molar-refractivity contribution in [2.24, 2.45) is 16.2 Å².